The zero-order chi connectivity index (χ0) is 26.7. The zero-order valence-corrected chi connectivity index (χ0v) is 22.0. The summed E-state index contributed by atoms with van der Waals surface area (Å²) in [5.41, 5.74) is 4.21. The number of ether oxygens (including phenoxy) is 4. The van der Waals surface area contributed by atoms with E-state index in [4.69, 9.17) is 18.9 Å². The predicted octanol–water partition coefficient (Wildman–Crippen LogP) is 6.09. The first-order chi connectivity index (χ1) is 19.3. The summed E-state index contributed by atoms with van der Waals surface area (Å²) >= 11 is 0. The van der Waals surface area contributed by atoms with Crippen LogP contribution >= 0.6 is 0 Å². The van der Waals surface area contributed by atoms with Crippen LogP contribution in [0.3, 0.4) is 0 Å². The number of benzene rings is 4. The van der Waals surface area contributed by atoms with E-state index in [0.717, 1.165) is 22.3 Å². The highest BCUT2D eigenvalue weighted by molar-refractivity contribution is 5.16. The summed E-state index contributed by atoms with van der Waals surface area (Å²) in [4.78, 5) is 0. The molecule has 39 heavy (non-hydrogen) atoms. The molecule has 5 nitrogen and oxygen atoms in total. The van der Waals surface area contributed by atoms with E-state index in [1.54, 1.807) is 0 Å². The summed E-state index contributed by atoms with van der Waals surface area (Å²) in [7, 11) is 0. The third kappa shape index (κ3) is 7.85. The van der Waals surface area contributed by atoms with Gasteiger partial charge in [0.25, 0.3) is 0 Å². The average molecular weight is 525 g/mol. The summed E-state index contributed by atoms with van der Waals surface area (Å²) < 4.78 is 25.7. The fourth-order valence-corrected chi connectivity index (χ4v) is 4.93. The van der Waals surface area contributed by atoms with Crippen LogP contribution in [0, 0.1) is 0 Å². The molecule has 5 rings (SSSR count). The molecule has 0 radical (unpaired) electrons. The van der Waals surface area contributed by atoms with Gasteiger partial charge in [-0.2, -0.15) is 0 Å². The quantitative estimate of drug-likeness (QED) is 0.243. The van der Waals surface area contributed by atoms with Gasteiger partial charge in [0.05, 0.1) is 38.6 Å². The van der Waals surface area contributed by atoms with Crippen LogP contribution in [0.5, 0.6) is 0 Å². The molecule has 202 valence electrons. The van der Waals surface area contributed by atoms with Crippen molar-refractivity contribution in [3.8, 4) is 0 Å². The fraction of sp³-hybridized carbons (Fsp3) is 0.294. The number of hydrogen-bond donors (Lipinski definition) is 1. The van der Waals surface area contributed by atoms with Gasteiger partial charge in [0, 0.05) is 6.42 Å². The molecule has 1 N–H and O–H groups in total. The third-order valence-electron chi connectivity index (χ3n) is 7.06. The highest BCUT2D eigenvalue weighted by Gasteiger charge is 2.47. The van der Waals surface area contributed by atoms with Gasteiger partial charge in [-0.3, -0.25) is 0 Å². The molecule has 1 aliphatic rings. The van der Waals surface area contributed by atoms with Gasteiger partial charge in [-0.1, -0.05) is 121 Å². The second-order valence-electron chi connectivity index (χ2n) is 9.92. The molecular formula is C34H36O5. The molecule has 0 heterocycles. The molecule has 1 saturated carbocycles. The zero-order valence-electron chi connectivity index (χ0n) is 22.0. The van der Waals surface area contributed by atoms with E-state index in [-0.39, 0.29) is 6.10 Å². The largest absolute Gasteiger partial charge is 0.388 e. The van der Waals surface area contributed by atoms with Gasteiger partial charge in [0.2, 0.25) is 0 Å². The van der Waals surface area contributed by atoms with E-state index >= 15 is 0 Å². The second kappa shape index (κ2) is 14.2. The lowest BCUT2D eigenvalue weighted by Crippen LogP contribution is -2.59. The summed E-state index contributed by atoms with van der Waals surface area (Å²) in [6, 6.07) is 40.1. The van der Waals surface area contributed by atoms with Gasteiger partial charge in [0.15, 0.2) is 0 Å². The smallest absolute Gasteiger partial charge is 0.115 e. The minimum atomic E-state index is -0.880. The van der Waals surface area contributed by atoms with Gasteiger partial charge in [-0.15, -0.1) is 0 Å². The molecular weight excluding hydrogens is 488 g/mol. The lowest BCUT2D eigenvalue weighted by Gasteiger charge is -2.44. The minimum Gasteiger partial charge on any atom is -0.388 e. The van der Waals surface area contributed by atoms with Gasteiger partial charge in [0.1, 0.15) is 18.3 Å². The maximum absolute atomic E-state index is 11.6. The summed E-state index contributed by atoms with van der Waals surface area (Å²) in [5.74, 6) is 0. The normalized spacial score (nSPS) is 22.9. The fourth-order valence-electron chi connectivity index (χ4n) is 4.93. The molecule has 1 aliphatic carbocycles. The average Bonchev–Trinajstić information content (AvgIpc) is 3.00. The SMILES string of the molecule is O[C@@H]1C(OCc2ccccc2)C[C@@H](OCc2ccccc2)[C@@H](OCc2ccccc2)[C@H]1OCc1ccccc1. The van der Waals surface area contributed by atoms with Crippen LogP contribution in [0.1, 0.15) is 28.7 Å². The Morgan fingerprint density at radius 3 is 1.18 bits per heavy atom. The monoisotopic (exact) mass is 524 g/mol. The van der Waals surface area contributed by atoms with Crippen LogP contribution < -0.4 is 0 Å². The molecule has 5 atom stereocenters. The Labute approximate surface area is 230 Å². The molecule has 0 aliphatic heterocycles. The Morgan fingerprint density at radius 1 is 0.436 bits per heavy atom. The van der Waals surface area contributed by atoms with Crippen LogP contribution in [-0.2, 0) is 45.4 Å². The van der Waals surface area contributed by atoms with Crippen LogP contribution in [0.4, 0.5) is 0 Å². The molecule has 0 spiro atoms. The van der Waals surface area contributed by atoms with E-state index in [0.29, 0.717) is 32.8 Å². The van der Waals surface area contributed by atoms with Gasteiger partial charge < -0.3 is 24.1 Å². The van der Waals surface area contributed by atoms with Crippen molar-refractivity contribution in [1.82, 2.24) is 0 Å². The third-order valence-corrected chi connectivity index (χ3v) is 7.06. The maximum atomic E-state index is 11.6. The lowest BCUT2D eigenvalue weighted by atomic mass is 9.86. The number of aliphatic hydroxyl groups excluding tert-OH is 1. The Kier molecular flexibility index (Phi) is 9.91. The van der Waals surface area contributed by atoms with Crippen LogP contribution in [0.2, 0.25) is 0 Å². The summed E-state index contributed by atoms with van der Waals surface area (Å²) in [6.07, 6.45) is -2.31. The second-order valence-corrected chi connectivity index (χ2v) is 9.92. The molecule has 0 saturated heterocycles. The molecule has 0 bridgehead atoms. The van der Waals surface area contributed by atoms with Crippen molar-refractivity contribution in [3.63, 3.8) is 0 Å². The van der Waals surface area contributed by atoms with Crippen molar-refractivity contribution in [2.24, 2.45) is 0 Å². The predicted molar refractivity (Wildman–Crippen MR) is 151 cm³/mol. The standard InChI is InChI=1S/C34H36O5/c35-32-30(36-22-26-13-5-1-6-14-26)21-31(37-23-27-15-7-2-8-16-27)33(38-24-28-17-9-3-10-18-28)34(32)39-25-29-19-11-4-12-20-29/h1-20,30-35H,21-25H2/t30?,31-,32-,33-,34+/m1/s1. The van der Waals surface area contributed by atoms with Gasteiger partial charge in [-0.05, 0) is 22.3 Å². The molecule has 0 amide bonds. The molecule has 1 fully saturated rings. The van der Waals surface area contributed by atoms with Gasteiger partial charge in [-0.25, -0.2) is 0 Å². The Bertz CT molecular complexity index is 1220. The molecule has 4 aromatic rings. The van der Waals surface area contributed by atoms with Gasteiger partial charge >= 0.3 is 0 Å². The first kappa shape index (κ1) is 27.3. The van der Waals surface area contributed by atoms with Crippen LogP contribution in [0.25, 0.3) is 0 Å². The van der Waals surface area contributed by atoms with Crippen molar-refractivity contribution < 1.29 is 24.1 Å². The Morgan fingerprint density at radius 2 is 0.769 bits per heavy atom. The van der Waals surface area contributed by atoms with E-state index in [1.165, 1.54) is 0 Å². The van der Waals surface area contributed by atoms with Crippen molar-refractivity contribution in [2.45, 2.75) is 63.4 Å². The van der Waals surface area contributed by atoms with E-state index in [1.807, 2.05) is 121 Å². The molecule has 5 heteroatoms. The first-order valence-electron chi connectivity index (χ1n) is 13.6. The number of rotatable bonds is 12. The lowest BCUT2D eigenvalue weighted by molar-refractivity contribution is -0.237. The van der Waals surface area contributed by atoms with Crippen molar-refractivity contribution >= 4 is 0 Å². The highest BCUT2D eigenvalue weighted by Crippen LogP contribution is 2.32. The van der Waals surface area contributed by atoms with E-state index in [9.17, 15) is 5.11 Å². The van der Waals surface area contributed by atoms with Crippen molar-refractivity contribution in [2.75, 3.05) is 0 Å². The molecule has 1 unspecified atom stereocenters. The highest BCUT2D eigenvalue weighted by atomic mass is 16.6. The summed E-state index contributed by atoms with van der Waals surface area (Å²) in [6.45, 7) is 1.58. The van der Waals surface area contributed by atoms with Crippen LogP contribution in [0.15, 0.2) is 121 Å². The topological polar surface area (TPSA) is 57.2 Å². The Balaban J connectivity index is 1.37. The first-order valence-corrected chi connectivity index (χ1v) is 13.6. The molecule has 4 aromatic carbocycles. The Hall–Kier alpha value is -3.32. The van der Waals surface area contributed by atoms with Crippen molar-refractivity contribution in [1.29, 1.82) is 0 Å². The van der Waals surface area contributed by atoms with Crippen molar-refractivity contribution in [3.05, 3.63) is 144 Å². The van der Waals surface area contributed by atoms with E-state index < -0.39 is 24.4 Å². The molecule has 0 aromatic heterocycles. The summed E-state index contributed by atoms with van der Waals surface area (Å²) in [5, 5.41) is 11.6. The maximum Gasteiger partial charge on any atom is 0.115 e. The minimum absolute atomic E-state index is 0.334. The van der Waals surface area contributed by atoms with Crippen LogP contribution in [-0.4, -0.2) is 35.6 Å². The number of aliphatic hydroxyl groups is 1. The number of hydrogen-bond acceptors (Lipinski definition) is 5. The van der Waals surface area contributed by atoms with E-state index in [2.05, 4.69) is 0 Å².